The van der Waals surface area contributed by atoms with Gasteiger partial charge in [-0.25, -0.2) is 13.6 Å². The summed E-state index contributed by atoms with van der Waals surface area (Å²) in [6, 6.07) is 19.8. The molecule has 0 aliphatic heterocycles. The molecule has 4 rings (SSSR count). The number of hydrogen-bond donors (Lipinski definition) is 2. The summed E-state index contributed by atoms with van der Waals surface area (Å²) >= 11 is 0. The highest BCUT2D eigenvalue weighted by atomic mass is 32.2. The third kappa shape index (κ3) is 3.97. The molecule has 0 amide bonds. The van der Waals surface area contributed by atoms with Crippen LogP contribution in [-0.4, -0.2) is 24.6 Å². The molecule has 162 valence electrons. The highest BCUT2D eigenvalue weighted by Crippen LogP contribution is 2.35. The first kappa shape index (κ1) is 21.6. The second kappa shape index (κ2) is 8.48. The van der Waals surface area contributed by atoms with Crippen LogP contribution in [0, 0.1) is 12.1 Å². The molecule has 0 spiro atoms. The number of nitrogens with one attached hydrogen (secondary N) is 1. The molecule has 1 heterocycles. The second-order valence-electron chi connectivity index (χ2n) is 7.08. The van der Waals surface area contributed by atoms with Gasteiger partial charge in [-0.2, -0.15) is 5.23 Å². The second-order valence-corrected chi connectivity index (χ2v) is 8.97. The zero-order chi connectivity index (χ0) is 22.9. The predicted octanol–water partition coefficient (Wildman–Crippen LogP) is 3.12. The van der Waals surface area contributed by atoms with Crippen molar-refractivity contribution in [1.82, 2.24) is 5.16 Å². The number of carbonyl (C=O) groups is 1. The van der Waals surface area contributed by atoms with Crippen LogP contribution >= 0.6 is 0 Å². The fourth-order valence-electron chi connectivity index (χ4n) is 3.18. The van der Waals surface area contributed by atoms with Crippen LogP contribution in [0.15, 0.2) is 93.2 Å². The van der Waals surface area contributed by atoms with E-state index in [0.29, 0.717) is 5.56 Å². The third-order valence-electron chi connectivity index (χ3n) is 4.89. The van der Waals surface area contributed by atoms with Crippen LogP contribution in [0.25, 0.3) is 11.3 Å². The SMILES string of the molecule is Cc1ccc(-c2onc(C(=O)c3ccc([NH+]([O-])O)cc3)c2S(=O)(=O)c2ccccc2)cc1. The summed E-state index contributed by atoms with van der Waals surface area (Å²) in [4.78, 5) is 12.8. The molecule has 8 nitrogen and oxygen atoms in total. The van der Waals surface area contributed by atoms with Crippen molar-refractivity contribution in [2.75, 3.05) is 0 Å². The number of aryl methyl sites for hydroxylation is 1. The molecule has 0 fully saturated rings. The van der Waals surface area contributed by atoms with Crippen molar-refractivity contribution in [3.05, 3.63) is 101 Å². The van der Waals surface area contributed by atoms with Gasteiger partial charge in [-0.1, -0.05) is 53.2 Å². The number of carbonyl (C=O) groups excluding carboxylic acids is 1. The average molecular weight is 450 g/mol. The van der Waals surface area contributed by atoms with Gasteiger partial charge in [0.25, 0.3) is 0 Å². The minimum absolute atomic E-state index is 0.000761. The number of sulfone groups is 1. The van der Waals surface area contributed by atoms with E-state index in [-0.39, 0.29) is 32.5 Å². The summed E-state index contributed by atoms with van der Waals surface area (Å²) < 4.78 is 32.4. The maximum Gasteiger partial charge on any atom is 0.216 e. The molecule has 1 unspecified atom stereocenters. The summed E-state index contributed by atoms with van der Waals surface area (Å²) in [6.07, 6.45) is 0. The van der Waals surface area contributed by atoms with E-state index in [4.69, 9.17) is 9.73 Å². The number of benzene rings is 3. The van der Waals surface area contributed by atoms with Gasteiger partial charge in [-0.3, -0.25) is 4.79 Å². The van der Waals surface area contributed by atoms with Crippen LogP contribution in [-0.2, 0) is 9.84 Å². The molecule has 32 heavy (non-hydrogen) atoms. The van der Waals surface area contributed by atoms with Crippen LogP contribution in [0.4, 0.5) is 5.69 Å². The van der Waals surface area contributed by atoms with E-state index in [1.165, 1.54) is 36.4 Å². The molecular weight excluding hydrogens is 432 g/mol. The standard InChI is InChI=1S/C23H18N2O6S/c1-15-7-9-17(10-8-15)22-23(32(29,30)19-5-3-2-4-6-19)20(24-31-22)21(26)16-11-13-18(14-12-16)25(27)28/h2-14,25,27H,1H3. The topological polar surface area (TPSA) is 125 Å². The van der Waals surface area contributed by atoms with E-state index in [0.717, 1.165) is 5.56 Å². The minimum Gasteiger partial charge on any atom is -0.595 e. The number of hydrogen-bond acceptors (Lipinski definition) is 7. The van der Waals surface area contributed by atoms with E-state index < -0.39 is 20.8 Å². The van der Waals surface area contributed by atoms with Crippen molar-refractivity contribution in [2.45, 2.75) is 16.7 Å². The lowest BCUT2D eigenvalue weighted by Crippen LogP contribution is -2.99. The van der Waals surface area contributed by atoms with Gasteiger partial charge < -0.3 is 9.73 Å². The Morgan fingerprint density at radius 3 is 2.19 bits per heavy atom. The van der Waals surface area contributed by atoms with Crippen molar-refractivity contribution in [3.8, 4) is 11.3 Å². The molecule has 3 aromatic carbocycles. The molecule has 1 aromatic heterocycles. The van der Waals surface area contributed by atoms with Gasteiger partial charge in [0.05, 0.1) is 4.90 Å². The summed E-state index contributed by atoms with van der Waals surface area (Å²) in [6.45, 7) is 1.89. The molecule has 0 aliphatic rings. The number of ketones is 1. The van der Waals surface area contributed by atoms with Crippen molar-refractivity contribution in [2.24, 2.45) is 0 Å². The van der Waals surface area contributed by atoms with Crippen LogP contribution < -0.4 is 5.23 Å². The first-order valence-corrected chi connectivity index (χ1v) is 11.0. The number of nitrogens with zero attached hydrogens (tertiary/aromatic N) is 1. The Kier molecular flexibility index (Phi) is 5.72. The highest BCUT2D eigenvalue weighted by molar-refractivity contribution is 7.91. The van der Waals surface area contributed by atoms with Gasteiger partial charge in [0, 0.05) is 23.3 Å². The van der Waals surface area contributed by atoms with E-state index in [1.54, 1.807) is 42.5 Å². The average Bonchev–Trinajstić information content (AvgIpc) is 3.26. The highest BCUT2D eigenvalue weighted by Gasteiger charge is 2.34. The van der Waals surface area contributed by atoms with Gasteiger partial charge >= 0.3 is 0 Å². The summed E-state index contributed by atoms with van der Waals surface area (Å²) in [5, 5.41) is 22.8. The van der Waals surface area contributed by atoms with Crippen LogP contribution in [0.1, 0.15) is 21.6 Å². The lowest BCUT2D eigenvalue weighted by atomic mass is 10.1. The summed E-state index contributed by atoms with van der Waals surface area (Å²) in [7, 11) is -4.16. The molecule has 2 N–H and O–H groups in total. The predicted molar refractivity (Wildman–Crippen MR) is 114 cm³/mol. The largest absolute Gasteiger partial charge is 0.595 e. The smallest absolute Gasteiger partial charge is 0.216 e. The molecule has 0 aliphatic carbocycles. The maximum absolute atomic E-state index is 13.5. The van der Waals surface area contributed by atoms with Gasteiger partial charge in [0.2, 0.25) is 15.6 Å². The first-order valence-electron chi connectivity index (χ1n) is 9.54. The molecule has 0 radical (unpaired) electrons. The Bertz CT molecular complexity index is 1360. The van der Waals surface area contributed by atoms with Crippen molar-refractivity contribution in [1.29, 1.82) is 0 Å². The fraction of sp³-hybridized carbons (Fsp3) is 0.0435. The Labute approximate surface area is 183 Å². The van der Waals surface area contributed by atoms with E-state index in [1.807, 2.05) is 6.92 Å². The van der Waals surface area contributed by atoms with Gasteiger partial charge in [-0.05, 0) is 31.2 Å². The molecule has 1 atom stereocenters. The van der Waals surface area contributed by atoms with Gasteiger partial charge in [0.1, 0.15) is 0 Å². The molecule has 0 saturated carbocycles. The monoisotopic (exact) mass is 450 g/mol. The number of quaternary nitrogens is 1. The Balaban J connectivity index is 1.90. The van der Waals surface area contributed by atoms with E-state index >= 15 is 0 Å². The van der Waals surface area contributed by atoms with Gasteiger partial charge in [0.15, 0.2) is 22.0 Å². The quantitative estimate of drug-likeness (QED) is 0.341. The summed E-state index contributed by atoms with van der Waals surface area (Å²) in [5.74, 6) is -0.738. The molecule has 9 heteroatoms. The zero-order valence-electron chi connectivity index (χ0n) is 16.8. The van der Waals surface area contributed by atoms with Crippen molar-refractivity contribution < 1.29 is 28.2 Å². The normalized spacial score (nSPS) is 12.5. The number of rotatable bonds is 6. The van der Waals surface area contributed by atoms with E-state index in [2.05, 4.69) is 5.16 Å². The summed E-state index contributed by atoms with van der Waals surface area (Å²) in [5.41, 5.74) is 1.14. The molecule has 4 aromatic rings. The first-order chi connectivity index (χ1) is 15.3. The zero-order valence-corrected chi connectivity index (χ0v) is 17.7. The van der Waals surface area contributed by atoms with E-state index in [9.17, 15) is 18.4 Å². The number of aromatic nitrogens is 1. The maximum atomic E-state index is 13.5. The Morgan fingerprint density at radius 2 is 1.59 bits per heavy atom. The Morgan fingerprint density at radius 1 is 0.969 bits per heavy atom. The van der Waals surface area contributed by atoms with Crippen molar-refractivity contribution >= 4 is 21.3 Å². The third-order valence-corrected chi connectivity index (χ3v) is 6.70. The van der Waals surface area contributed by atoms with Crippen LogP contribution in [0.3, 0.4) is 0 Å². The molecular formula is C23H18N2O6S. The van der Waals surface area contributed by atoms with Crippen molar-refractivity contribution in [3.63, 3.8) is 0 Å². The van der Waals surface area contributed by atoms with Crippen LogP contribution in [0.2, 0.25) is 0 Å². The van der Waals surface area contributed by atoms with Gasteiger partial charge in [-0.15, -0.1) is 0 Å². The lowest BCUT2D eigenvalue weighted by Gasteiger charge is -2.11. The fourth-order valence-corrected chi connectivity index (χ4v) is 4.72. The minimum atomic E-state index is -4.16. The van der Waals surface area contributed by atoms with Crippen LogP contribution in [0.5, 0.6) is 0 Å². The molecule has 0 bridgehead atoms. The lowest BCUT2D eigenvalue weighted by molar-refractivity contribution is -0.991. The Hall–Kier alpha value is -3.63. The molecule has 0 saturated heterocycles.